The molecule has 1 aromatic rings. The Hall–Kier alpha value is -1.68. The minimum absolute atomic E-state index is 0.0125. The maximum absolute atomic E-state index is 13.2. The second-order valence-electron chi connectivity index (χ2n) is 11.4. The smallest absolute Gasteiger partial charge is 0.225 e. The molecule has 0 aromatic carbocycles. The molecule has 206 valence electrons. The number of amides is 1. The topological polar surface area (TPSA) is 73.6 Å². The summed E-state index contributed by atoms with van der Waals surface area (Å²) in [7, 11) is 0. The zero-order valence-corrected chi connectivity index (χ0v) is 23.8. The number of aliphatic hydroxyl groups excluding tert-OH is 1. The van der Waals surface area contributed by atoms with Gasteiger partial charge < -0.3 is 14.6 Å². The molecule has 3 unspecified atom stereocenters. The molecule has 4 atom stereocenters. The Morgan fingerprint density at radius 3 is 2.49 bits per heavy atom. The number of hydrogen-bond donors (Lipinski definition) is 3. The first-order valence-electron chi connectivity index (χ1n) is 13.8. The van der Waals surface area contributed by atoms with Gasteiger partial charge in [-0.2, -0.15) is 0 Å². The third-order valence-electron chi connectivity index (χ3n) is 8.22. The molecule has 0 saturated carbocycles. The number of aromatic nitrogens is 2. The summed E-state index contributed by atoms with van der Waals surface area (Å²) in [5.74, 6) is 1.03. The number of rotatable bonds is 9. The van der Waals surface area contributed by atoms with E-state index in [0.29, 0.717) is 24.7 Å². The molecule has 1 aromatic heterocycles. The monoisotopic (exact) mass is 533 g/mol. The molecular weight excluding hydrogens is 489 g/mol. The molecule has 2 saturated heterocycles. The second-order valence-corrected chi connectivity index (χ2v) is 11.9. The van der Waals surface area contributed by atoms with Crippen molar-refractivity contribution in [3.05, 3.63) is 40.1 Å². The molecular formula is C28H44FN5O2S. The van der Waals surface area contributed by atoms with E-state index in [9.17, 15) is 14.3 Å². The summed E-state index contributed by atoms with van der Waals surface area (Å²) in [6.07, 6.45) is 8.73. The molecule has 7 nitrogen and oxygen atoms in total. The van der Waals surface area contributed by atoms with Crippen molar-refractivity contribution in [2.24, 2.45) is 5.92 Å². The van der Waals surface area contributed by atoms with Crippen molar-refractivity contribution in [1.82, 2.24) is 24.7 Å². The SMILES string of the molecule is C/C(F)=C\C=C(/S)[C@H](CCN1C2CCC1CC(n1c(C)nc3c1CCN(C(=O)C(C)C)C3)C2)NC(C)O. The third-order valence-corrected chi connectivity index (χ3v) is 8.68. The molecule has 4 rings (SSSR count). The van der Waals surface area contributed by atoms with Gasteiger partial charge in [0.1, 0.15) is 12.1 Å². The second kappa shape index (κ2) is 12.0. The molecule has 2 bridgehead atoms. The van der Waals surface area contributed by atoms with Gasteiger partial charge in [0.05, 0.1) is 18.1 Å². The van der Waals surface area contributed by atoms with Crippen molar-refractivity contribution in [3.63, 3.8) is 0 Å². The van der Waals surface area contributed by atoms with Gasteiger partial charge in [0.15, 0.2) is 0 Å². The van der Waals surface area contributed by atoms with Gasteiger partial charge >= 0.3 is 0 Å². The largest absolute Gasteiger partial charge is 0.379 e. The number of imidazole rings is 1. The fourth-order valence-electron chi connectivity index (χ4n) is 6.60. The molecule has 3 aliphatic heterocycles. The maximum Gasteiger partial charge on any atom is 0.225 e. The minimum atomic E-state index is -0.666. The predicted octanol–water partition coefficient (Wildman–Crippen LogP) is 4.27. The van der Waals surface area contributed by atoms with Crippen molar-refractivity contribution in [3.8, 4) is 0 Å². The number of nitrogens with zero attached hydrogens (tertiary/aromatic N) is 4. The van der Waals surface area contributed by atoms with Gasteiger partial charge in [0.2, 0.25) is 5.91 Å². The summed E-state index contributed by atoms with van der Waals surface area (Å²) in [4.78, 5) is 22.8. The zero-order chi connectivity index (χ0) is 26.9. The highest BCUT2D eigenvalue weighted by molar-refractivity contribution is 7.84. The Bertz CT molecular complexity index is 1020. The predicted molar refractivity (Wildman–Crippen MR) is 148 cm³/mol. The Morgan fingerprint density at radius 1 is 1.22 bits per heavy atom. The number of allylic oxidation sites excluding steroid dienone is 3. The van der Waals surface area contributed by atoms with Gasteiger partial charge in [0.25, 0.3) is 0 Å². The Labute approximate surface area is 226 Å². The molecule has 1 amide bonds. The highest BCUT2D eigenvalue weighted by Gasteiger charge is 2.42. The van der Waals surface area contributed by atoms with Crippen LogP contribution in [0.5, 0.6) is 0 Å². The van der Waals surface area contributed by atoms with E-state index in [1.807, 2.05) is 18.7 Å². The van der Waals surface area contributed by atoms with Crippen LogP contribution in [-0.2, 0) is 17.8 Å². The van der Waals surface area contributed by atoms with Crippen molar-refractivity contribution in [1.29, 1.82) is 0 Å². The fourth-order valence-corrected chi connectivity index (χ4v) is 6.88. The summed E-state index contributed by atoms with van der Waals surface area (Å²) >= 11 is 4.60. The molecule has 2 fully saturated rings. The molecule has 0 spiro atoms. The van der Waals surface area contributed by atoms with Crippen molar-refractivity contribution < 1.29 is 14.3 Å². The molecule has 9 heteroatoms. The number of aliphatic hydroxyl groups is 1. The van der Waals surface area contributed by atoms with Crippen LogP contribution in [-0.4, -0.2) is 67.8 Å². The van der Waals surface area contributed by atoms with Crippen LogP contribution in [0.4, 0.5) is 4.39 Å². The number of carbonyl (C=O) groups excluding carboxylic acids is 1. The molecule has 2 N–H and O–H groups in total. The van der Waals surface area contributed by atoms with Gasteiger partial charge in [0, 0.05) is 55.3 Å². The van der Waals surface area contributed by atoms with Crippen molar-refractivity contribution in [2.45, 2.75) is 110 Å². The van der Waals surface area contributed by atoms with Gasteiger partial charge in [-0.15, -0.1) is 12.6 Å². The molecule has 0 aliphatic carbocycles. The van der Waals surface area contributed by atoms with Crippen LogP contribution in [0.25, 0.3) is 0 Å². The average molecular weight is 534 g/mol. The highest BCUT2D eigenvalue weighted by Crippen LogP contribution is 2.42. The Kier molecular flexibility index (Phi) is 9.20. The fraction of sp³-hybridized carbons (Fsp3) is 0.714. The van der Waals surface area contributed by atoms with E-state index < -0.39 is 6.23 Å². The van der Waals surface area contributed by atoms with E-state index in [0.717, 1.165) is 55.2 Å². The van der Waals surface area contributed by atoms with Crippen molar-refractivity contribution in [2.75, 3.05) is 13.1 Å². The number of nitrogens with one attached hydrogen (secondary N) is 1. The normalized spacial score (nSPS) is 26.5. The lowest BCUT2D eigenvalue weighted by Gasteiger charge is -2.41. The first-order chi connectivity index (χ1) is 17.5. The lowest BCUT2D eigenvalue weighted by molar-refractivity contribution is -0.135. The summed E-state index contributed by atoms with van der Waals surface area (Å²) in [5, 5.41) is 13.1. The summed E-state index contributed by atoms with van der Waals surface area (Å²) in [6, 6.07) is 1.37. The first-order valence-corrected chi connectivity index (χ1v) is 14.3. The third kappa shape index (κ3) is 6.49. The van der Waals surface area contributed by atoms with Gasteiger partial charge in [-0.25, -0.2) is 9.37 Å². The number of hydrogen-bond acceptors (Lipinski definition) is 6. The van der Waals surface area contributed by atoms with E-state index in [4.69, 9.17) is 4.98 Å². The minimum Gasteiger partial charge on any atom is -0.379 e. The zero-order valence-electron chi connectivity index (χ0n) is 23.0. The van der Waals surface area contributed by atoms with Crippen molar-refractivity contribution >= 4 is 18.5 Å². The van der Waals surface area contributed by atoms with Crippen LogP contribution in [0.2, 0.25) is 0 Å². The Balaban J connectivity index is 1.43. The lowest BCUT2D eigenvalue weighted by atomic mass is 9.95. The number of halogens is 1. The van der Waals surface area contributed by atoms with Crippen LogP contribution >= 0.6 is 12.6 Å². The number of carbonyl (C=O) groups is 1. The number of fused-ring (bicyclic) bond motifs is 3. The molecule has 4 heterocycles. The van der Waals surface area contributed by atoms with E-state index in [2.05, 4.69) is 34.3 Å². The van der Waals surface area contributed by atoms with E-state index >= 15 is 0 Å². The van der Waals surface area contributed by atoms with E-state index in [1.54, 1.807) is 13.0 Å². The Morgan fingerprint density at radius 2 is 1.89 bits per heavy atom. The number of aryl methyl sites for hydroxylation is 1. The van der Waals surface area contributed by atoms with Crippen LogP contribution < -0.4 is 5.32 Å². The van der Waals surface area contributed by atoms with Crippen LogP contribution in [0.1, 0.15) is 83.1 Å². The molecule has 3 aliphatic rings. The maximum atomic E-state index is 13.2. The van der Waals surface area contributed by atoms with Crippen LogP contribution in [0.3, 0.4) is 0 Å². The van der Waals surface area contributed by atoms with Gasteiger partial charge in [-0.3, -0.25) is 15.0 Å². The molecule has 37 heavy (non-hydrogen) atoms. The highest BCUT2D eigenvalue weighted by atomic mass is 32.1. The number of thiol groups is 1. The molecule has 0 radical (unpaired) electrons. The van der Waals surface area contributed by atoms with Gasteiger partial charge in [-0.1, -0.05) is 13.8 Å². The standard InChI is InChI=1S/C28H44FN5O2S/c1-17(2)28(36)32-12-11-26-25(16-32)30-19(4)34(26)23-14-21-7-8-22(15-23)33(21)13-10-24(31-20(5)35)27(37)9-6-18(3)29/h6,9,17,20-24,31,35,37H,7-8,10-16H2,1-5H3/b18-6+,27-9-/t20?,21?,22?,23?,24-/m0/s1. The summed E-state index contributed by atoms with van der Waals surface area (Å²) in [6.45, 7) is 11.5. The van der Waals surface area contributed by atoms with Gasteiger partial charge in [-0.05, 0) is 69.9 Å². The lowest BCUT2D eigenvalue weighted by Crippen LogP contribution is -2.46. The van der Waals surface area contributed by atoms with E-state index in [-0.39, 0.29) is 23.7 Å². The summed E-state index contributed by atoms with van der Waals surface area (Å²) in [5.41, 5.74) is 2.40. The van der Waals surface area contributed by atoms with E-state index in [1.165, 1.54) is 31.5 Å². The summed E-state index contributed by atoms with van der Waals surface area (Å²) < 4.78 is 15.7. The van der Waals surface area contributed by atoms with Crippen LogP contribution in [0, 0.1) is 12.8 Å². The first kappa shape index (κ1) is 28.3. The quantitative estimate of drug-likeness (QED) is 0.251. The van der Waals surface area contributed by atoms with Crippen LogP contribution in [0.15, 0.2) is 22.9 Å². The average Bonchev–Trinajstić information content (AvgIpc) is 3.29. The number of piperidine rings is 1.